The van der Waals surface area contributed by atoms with E-state index >= 15 is 0 Å². The Morgan fingerprint density at radius 1 is 1.33 bits per heavy atom. The molecular formula is C5H7F3O4. The predicted octanol–water partition coefficient (Wildman–Crippen LogP) is 0.813. The summed E-state index contributed by atoms with van der Waals surface area (Å²) in [6.45, 7) is 1.36. The van der Waals surface area contributed by atoms with Gasteiger partial charge in [-0.05, 0) is 0 Å². The monoisotopic (exact) mass is 188 g/mol. The fraction of sp³-hybridized carbons (Fsp3) is 0.600. The largest absolute Gasteiger partial charge is 0.490 e. The number of carbonyl (C=O) groups excluding carboxylic acids is 1. The van der Waals surface area contributed by atoms with Crippen molar-refractivity contribution in [3.63, 3.8) is 0 Å². The van der Waals surface area contributed by atoms with Crippen LogP contribution in [0.1, 0.15) is 6.92 Å². The normalized spacial score (nSPS) is 9.42. The van der Waals surface area contributed by atoms with Crippen LogP contribution in [0.15, 0.2) is 0 Å². The van der Waals surface area contributed by atoms with Gasteiger partial charge in [0.05, 0.1) is 7.11 Å². The van der Waals surface area contributed by atoms with E-state index in [1.54, 1.807) is 0 Å². The topological polar surface area (TPSA) is 63.6 Å². The van der Waals surface area contributed by atoms with E-state index in [0.29, 0.717) is 0 Å². The number of carbonyl (C=O) groups is 2. The quantitative estimate of drug-likeness (QED) is 0.571. The second-order valence-electron chi connectivity index (χ2n) is 1.50. The highest BCUT2D eigenvalue weighted by molar-refractivity contribution is 5.73. The predicted molar refractivity (Wildman–Crippen MR) is 31.4 cm³/mol. The van der Waals surface area contributed by atoms with Crippen molar-refractivity contribution >= 4 is 11.9 Å². The minimum atomic E-state index is -5.08. The molecule has 0 radical (unpaired) electrons. The number of alkyl halides is 3. The first-order chi connectivity index (χ1) is 5.21. The highest BCUT2D eigenvalue weighted by Crippen LogP contribution is 2.13. The highest BCUT2D eigenvalue weighted by Gasteiger charge is 2.38. The van der Waals surface area contributed by atoms with Crippen LogP contribution in [0.4, 0.5) is 13.2 Å². The number of ether oxygens (including phenoxy) is 1. The molecule has 1 N–H and O–H groups in total. The number of carboxylic acid groups (broad SMARTS) is 1. The molecule has 7 heteroatoms. The van der Waals surface area contributed by atoms with E-state index in [0.717, 1.165) is 0 Å². The Kier molecular flexibility index (Phi) is 5.99. The molecule has 0 aromatic rings. The van der Waals surface area contributed by atoms with Crippen LogP contribution in [-0.2, 0) is 14.3 Å². The fourth-order valence-corrected chi connectivity index (χ4v) is 0. The first-order valence-corrected chi connectivity index (χ1v) is 2.56. The van der Waals surface area contributed by atoms with Gasteiger partial charge in [-0.1, -0.05) is 0 Å². The lowest BCUT2D eigenvalue weighted by Gasteiger charge is -1.93. The third kappa shape index (κ3) is 11.5. The number of carboxylic acids is 1. The number of hydrogen-bond donors (Lipinski definition) is 1. The van der Waals surface area contributed by atoms with Gasteiger partial charge in [0.25, 0.3) is 0 Å². The molecule has 0 rings (SSSR count). The van der Waals surface area contributed by atoms with E-state index in [-0.39, 0.29) is 5.97 Å². The Labute approximate surface area is 65.9 Å². The van der Waals surface area contributed by atoms with Gasteiger partial charge in [0, 0.05) is 6.92 Å². The van der Waals surface area contributed by atoms with Crippen molar-refractivity contribution in [1.82, 2.24) is 0 Å². The maximum atomic E-state index is 10.6. The van der Waals surface area contributed by atoms with E-state index < -0.39 is 12.1 Å². The van der Waals surface area contributed by atoms with Crippen LogP contribution in [-0.4, -0.2) is 30.3 Å². The van der Waals surface area contributed by atoms with Gasteiger partial charge in [0.2, 0.25) is 0 Å². The second kappa shape index (κ2) is 5.39. The van der Waals surface area contributed by atoms with Crippen molar-refractivity contribution in [3.05, 3.63) is 0 Å². The minimum absolute atomic E-state index is 0.245. The first kappa shape index (κ1) is 13.3. The number of esters is 1. The second-order valence-corrected chi connectivity index (χ2v) is 1.50. The third-order valence-corrected chi connectivity index (χ3v) is 0.530. The number of hydrogen-bond acceptors (Lipinski definition) is 3. The van der Waals surface area contributed by atoms with E-state index in [2.05, 4.69) is 4.74 Å². The van der Waals surface area contributed by atoms with E-state index in [1.807, 2.05) is 0 Å². The van der Waals surface area contributed by atoms with Crippen molar-refractivity contribution < 1.29 is 32.6 Å². The lowest BCUT2D eigenvalue weighted by atomic mass is 10.7. The molecular weight excluding hydrogens is 181 g/mol. The summed E-state index contributed by atoms with van der Waals surface area (Å²) in [5.41, 5.74) is 0. The Hall–Kier alpha value is -1.27. The van der Waals surface area contributed by atoms with Gasteiger partial charge in [-0.3, -0.25) is 4.79 Å². The first-order valence-electron chi connectivity index (χ1n) is 2.56. The van der Waals surface area contributed by atoms with Gasteiger partial charge in [-0.25, -0.2) is 4.79 Å². The Bertz CT molecular complexity index is 163. The zero-order valence-electron chi connectivity index (χ0n) is 6.31. The van der Waals surface area contributed by atoms with Gasteiger partial charge in [0.15, 0.2) is 0 Å². The summed E-state index contributed by atoms with van der Waals surface area (Å²) < 4.78 is 35.8. The lowest BCUT2D eigenvalue weighted by Crippen LogP contribution is -2.21. The zero-order chi connectivity index (χ0) is 10.4. The molecule has 0 fully saturated rings. The summed E-state index contributed by atoms with van der Waals surface area (Å²) in [6.07, 6.45) is -5.08. The average Bonchev–Trinajstić information content (AvgIpc) is 1.87. The maximum Gasteiger partial charge on any atom is 0.490 e. The van der Waals surface area contributed by atoms with Crippen molar-refractivity contribution in [3.8, 4) is 0 Å². The highest BCUT2D eigenvalue weighted by atomic mass is 19.4. The zero-order valence-corrected chi connectivity index (χ0v) is 6.31. The van der Waals surface area contributed by atoms with Crippen LogP contribution in [0.3, 0.4) is 0 Å². The molecule has 0 spiro atoms. The SMILES string of the molecule is COC(C)=O.O=C(O)C(F)(F)F. The molecule has 0 unspecified atom stereocenters. The Morgan fingerprint density at radius 2 is 1.50 bits per heavy atom. The van der Waals surface area contributed by atoms with Crippen LogP contribution in [0, 0.1) is 0 Å². The number of methoxy groups -OCH3 is 1. The van der Waals surface area contributed by atoms with Crippen LogP contribution in [0.25, 0.3) is 0 Å². The van der Waals surface area contributed by atoms with Crippen molar-refractivity contribution in [1.29, 1.82) is 0 Å². The van der Waals surface area contributed by atoms with Crippen LogP contribution in [0.5, 0.6) is 0 Å². The molecule has 0 saturated carbocycles. The molecule has 0 heterocycles. The third-order valence-electron chi connectivity index (χ3n) is 0.530. The molecule has 0 aliphatic carbocycles. The Balaban J connectivity index is 0. The van der Waals surface area contributed by atoms with Crippen molar-refractivity contribution in [2.75, 3.05) is 7.11 Å². The van der Waals surface area contributed by atoms with E-state index in [9.17, 15) is 18.0 Å². The molecule has 0 aliphatic rings. The molecule has 0 atom stereocenters. The molecule has 0 aromatic heterocycles. The van der Waals surface area contributed by atoms with Crippen molar-refractivity contribution in [2.24, 2.45) is 0 Å². The number of aliphatic carboxylic acids is 1. The smallest absolute Gasteiger partial charge is 0.475 e. The molecule has 72 valence electrons. The molecule has 12 heavy (non-hydrogen) atoms. The molecule has 0 aliphatic heterocycles. The van der Waals surface area contributed by atoms with Gasteiger partial charge < -0.3 is 9.84 Å². The summed E-state index contributed by atoms with van der Waals surface area (Å²) in [6, 6.07) is 0. The number of rotatable bonds is 0. The van der Waals surface area contributed by atoms with Crippen LogP contribution >= 0.6 is 0 Å². The summed E-state index contributed by atoms with van der Waals surface area (Å²) in [7, 11) is 1.35. The van der Waals surface area contributed by atoms with Crippen molar-refractivity contribution in [2.45, 2.75) is 13.1 Å². The Morgan fingerprint density at radius 3 is 1.50 bits per heavy atom. The lowest BCUT2D eigenvalue weighted by molar-refractivity contribution is -0.192. The van der Waals surface area contributed by atoms with Gasteiger partial charge in [-0.15, -0.1) is 0 Å². The summed E-state index contributed by atoms with van der Waals surface area (Å²) in [5, 5.41) is 7.12. The molecule has 0 bridgehead atoms. The van der Waals surface area contributed by atoms with Gasteiger partial charge in [0.1, 0.15) is 0 Å². The van der Waals surface area contributed by atoms with Crippen LogP contribution in [0.2, 0.25) is 0 Å². The maximum absolute atomic E-state index is 10.6. The fourth-order valence-electron chi connectivity index (χ4n) is 0. The van der Waals surface area contributed by atoms with E-state index in [4.69, 9.17) is 9.90 Å². The average molecular weight is 188 g/mol. The number of halogens is 3. The van der Waals surface area contributed by atoms with E-state index in [1.165, 1.54) is 14.0 Å². The van der Waals surface area contributed by atoms with Gasteiger partial charge in [-0.2, -0.15) is 13.2 Å². The molecule has 0 amide bonds. The standard InChI is InChI=1S/C3H6O2.C2HF3O2/c1-3(4)5-2;3-2(4,5)1(6)7/h1-2H3;(H,6,7). The van der Waals surface area contributed by atoms with Crippen LogP contribution < -0.4 is 0 Å². The summed E-state index contributed by atoms with van der Waals surface area (Å²) in [5.74, 6) is -3.00. The molecule has 0 aromatic carbocycles. The van der Waals surface area contributed by atoms with Gasteiger partial charge >= 0.3 is 18.1 Å². The molecule has 0 saturated heterocycles. The minimum Gasteiger partial charge on any atom is -0.475 e. The summed E-state index contributed by atoms with van der Waals surface area (Å²) in [4.78, 5) is 18.5. The summed E-state index contributed by atoms with van der Waals surface area (Å²) >= 11 is 0. The molecule has 4 nitrogen and oxygen atoms in total.